The Bertz CT molecular complexity index is 850. The minimum atomic E-state index is -3.46. The molecule has 3 rings (SSSR count). The van der Waals surface area contributed by atoms with Crippen molar-refractivity contribution in [3.05, 3.63) is 34.9 Å². The Morgan fingerprint density at radius 2 is 2.17 bits per heavy atom. The van der Waals surface area contributed by atoms with Crippen LogP contribution in [0.1, 0.15) is 21.1 Å². The molecule has 24 heavy (non-hydrogen) atoms. The number of carbonyl (C=O) groups excluding carboxylic acids is 1. The molecule has 2 aromatic rings. The Morgan fingerprint density at radius 1 is 1.38 bits per heavy atom. The summed E-state index contributed by atoms with van der Waals surface area (Å²) in [5.41, 5.74) is 1.02. The fourth-order valence-electron chi connectivity index (χ4n) is 2.23. The second-order valence-electron chi connectivity index (χ2n) is 5.31. The lowest BCUT2D eigenvalue weighted by Gasteiger charge is -2.27. The van der Waals surface area contributed by atoms with Gasteiger partial charge in [0, 0.05) is 44.3 Å². The van der Waals surface area contributed by atoms with Crippen molar-refractivity contribution in [3.63, 3.8) is 0 Å². The topological polar surface area (TPSA) is 108 Å². The van der Waals surface area contributed by atoms with Crippen LogP contribution in [-0.2, 0) is 23.2 Å². The molecule has 3 heterocycles. The van der Waals surface area contributed by atoms with E-state index >= 15 is 0 Å². The predicted molar refractivity (Wildman–Crippen MR) is 88.8 cm³/mol. The zero-order valence-corrected chi connectivity index (χ0v) is 14.8. The highest BCUT2D eigenvalue weighted by Crippen LogP contribution is 2.30. The smallest absolute Gasteiger partial charge is 0.281 e. The number of hydrogen-bond donors (Lipinski definition) is 1. The summed E-state index contributed by atoms with van der Waals surface area (Å²) in [7, 11) is -0.451. The largest absolute Gasteiger partial charge is 0.296 e. The molecule has 0 radical (unpaired) electrons. The molecule has 0 atom stereocenters. The SMILES string of the molecule is CN(C)S(=O)(=O)N1CCc2nc(NC(=O)c3cnccn3)sc2C1. The van der Waals surface area contributed by atoms with Gasteiger partial charge in [-0.3, -0.25) is 15.1 Å². The van der Waals surface area contributed by atoms with Crippen LogP contribution in [-0.4, -0.2) is 58.5 Å². The molecule has 0 unspecified atom stereocenters. The third kappa shape index (κ3) is 3.29. The van der Waals surface area contributed by atoms with Gasteiger partial charge in [-0.1, -0.05) is 0 Å². The maximum atomic E-state index is 12.2. The van der Waals surface area contributed by atoms with Crippen LogP contribution in [0.2, 0.25) is 0 Å². The lowest BCUT2D eigenvalue weighted by Crippen LogP contribution is -2.42. The van der Waals surface area contributed by atoms with E-state index in [1.54, 1.807) is 0 Å². The zero-order chi connectivity index (χ0) is 17.3. The molecule has 0 aromatic carbocycles. The number of amides is 1. The molecule has 2 aromatic heterocycles. The Labute approximate surface area is 143 Å². The van der Waals surface area contributed by atoms with Gasteiger partial charge in [0.05, 0.1) is 18.4 Å². The van der Waals surface area contributed by atoms with Gasteiger partial charge in [0.1, 0.15) is 5.69 Å². The molecule has 0 saturated heterocycles. The third-order valence-electron chi connectivity index (χ3n) is 3.50. The predicted octanol–water partition coefficient (Wildman–Crippen LogP) is 0.350. The molecule has 0 saturated carbocycles. The fourth-order valence-corrected chi connectivity index (χ4v) is 4.41. The lowest BCUT2D eigenvalue weighted by molar-refractivity contribution is 0.102. The molecule has 0 fully saturated rings. The summed E-state index contributed by atoms with van der Waals surface area (Å²) in [6.45, 7) is 0.628. The number of carbonyl (C=O) groups is 1. The highest BCUT2D eigenvalue weighted by molar-refractivity contribution is 7.86. The van der Waals surface area contributed by atoms with Gasteiger partial charge in [0.15, 0.2) is 5.13 Å². The van der Waals surface area contributed by atoms with Gasteiger partial charge in [-0.2, -0.15) is 17.0 Å². The summed E-state index contributed by atoms with van der Waals surface area (Å²) in [5.74, 6) is -0.396. The van der Waals surface area contributed by atoms with Gasteiger partial charge in [0.2, 0.25) is 0 Å². The zero-order valence-electron chi connectivity index (χ0n) is 13.1. The minimum absolute atomic E-state index is 0.197. The van der Waals surface area contributed by atoms with E-state index in [9.17, 15) is 13.2 Å². The van der Waals surface area contributed by atoms with Crippen LogP contribution in [0, 0.1) is 0 Å². The third-order valence-corrected chi connectivity index (χ3v) is 6.39. The normalized spacial score (nSPS) is 15.3. The quantitative estimate of drug-likeness (QED) is 0.834. The van der Waals surface area contributed by atoms with Crippen LogP contribution >= 0.6 is 11.3 Å². The number of fused-ring (bicyclic) bond motifs is 1. The number of rotatable bonds is 4. The first kappa shape index (κ1) is 16.9. The Balaban J connectivity index is 1.75. The summed E-state index contributed by atoms with van der Waals surface area (Å²) >= 11 is 1.27. The van der Waals surface area contributed by atoms with Crippen LogP contribution in [0.3, 0.4) is 0 Å². The number of aromatic nitrogens is 3. The van der Waals surface area contributed by atoms with Crippen LogP contribution < -0.4 is 5.32 Å². The molecule has 1 aliphatic rings. The highest BCUT2D eigenvalue weighted by atomic mass is 32.2. The Kier molecular flexibility index (Phi) is 4.58. The van der Waals surface area contributed by atoms with Gasteiger partial charge in [-0.15, -0.1) is 11.3 Å². The van der Waals surface area contributed by atoms with Crippen molar-refractivity contribution in [2.75, 3.05) is 26.0 Å². The summed E-state index contributed by atoms with van der Waals surface area (Å²) in [5, 5.41) is 3.11. The molecule has 1 aliphatic heterocycles. The summed E-state index contributed by atoms with van der Waals surface area (Å²) in [4.78, 5) is 25.1. The first-order valence-electron chi connectivity index (χ1n) is 7.11. The second-order valence-corrected chi connectivity index (χ2v) is 8.53. The van der Waals surface area contributed by atoms with Crippen molar-refractivity contribution in [1.82, 2.24) is 23.6 Å². The number of nitrogens with zero attached hydrogens (tertiary/aromatic N) is 5. The average molecular weight is 368 g/mol. The molecule has 11 heteroatoms. The van der Waals surface area contributed by atoms with Crippen molar-refractivity contribution >= 4 is 32.6 Å². The number of anilines is 1. The second kappa shape index (κ2) is 6.51. The van der Waals surface area contributed by atoms with Gasteiger partial charge in [-0.25, -0.2) is 9.97 Å². The molecule has 0 aliphatic carbocycles. The minimum Gasteiger partial charge on any atom is -0.296 e. The molecular weight excluding hydrogens is 352 g/mol. The number of hydrogen-bond acceptors (Lipinski definition) is 7. The highest BCUT2D eigenvalue weighted by Gasteiger charge is 2.30. The summed E-state index contributed by atoms with van der Waals surface area (Å²) < 4.78 is 27.0. The summed E-state index contributed by atoms with van der Waals surface area (Å²) in [6, 6.07) is 0. The summed E-state index contributed by atoms with van der Waals surface area (Å²) in [6.07, 6.45) is 4.80. The number of thiazole rings is 1. The van der Waals surface area contributed by atoms with E-state index in [1.807, 2.05) is 0 Å². The molecule has 1 N–H and O–H groups in total. The van der Waals surface area contributed by atoms with Gasteiger partial charge < -0.3 is 0 Å². The van der Waals surface area contributed by atoms with E-state index in [-0.39, 0.29) is 12.2 Å². The van der Waals surface area contributed by atoms with E-state index < -0.39 is 16.1 Å². The average Bonchev–Trinajstić information content (AvgIpc) is 2.96. The van der Waals surface area contributed by atoms with E-state index in [0.29, 0.717) is 18.1 Å². The van der Waals surface area contributed by atoms with Gasteiger partial charge in [-0.05, 0) is 0 Å². The maximum absolute atomic E-state index is 12.2. The van der Waals surface area contributed by atoms with Crippen molar-refractivity contribution < 1.29 is 13.2 Å². The molecule has 128 valence electrons. The van der Waals surface area contributed by atoms with Crippen LogP contribution in [0.25, 0.3) is 0 Å². The monoisotopic (exact) mass is 368 g/mol. The lowest BCUT2D eigenvalue weighted by atomic mass is 10.2. The van der Waals surface area contributed by atoms with Crippen LogP contribution in [0.5, 0.6) is 0 Å². The Morgan fingerprint density at radius 3 is 2.83 bits per heavy atom. The van der Waals surface area contributed by atoms with Crippen molar-refractivity contribution in [2.24, 2.45) is 0 Å². The molecule has 0 spiro atoms. The van der Waals surface area contributed by atoms with E-state index in [1.165, 1.54) is 52.6 Å². The standard InChI is InChI=1S/C13H16N6O3S2/c1-18(2)24(21,22)19-6-3-9-11(8-19)23-13(16-9)17-12(20)10-7-14-4-5-15-10/h4-5,7H,3,6,8H2,1-2H3,(H,16,17,20). The van der Waals surface area contributed by atoms with Crippen molar-refractivity contribution in [3.8, 4) is 0 Å². The van der Waals surface area contributed by atoms with E-state index in [0.717, 1.165) is 10.6 Å². The number of nitrogens with one attached hydrogen (secondary N) is 1. The van der Waals surface area contributed by atoms with E-state index in [4.69, 9.17) is 0 Å². The Hall–Kier alpha value is -1.95. The molecule has 1 amide bonds. The molecule has 0 bridgehead atoms. The first-order chi connectivity index (χ1) is 11.4. The van der Waals surface area contributed by atoms with E-state index in [2.05, 4.69) is 20.3 Å². The van der Waals surface area contributed by atoms with Crippen molar-refractivity contribution in [1.29, 1.82) is 0 Å². The first-order valence-corrected chi connectivity index (χ1v) is 9.33. The molecular formula is C13H16N6O3S2. The van der Waals surface area contributed by atoms with Gasteiger partial charge >= 0.3 is 0 Å². The molecule has 9 nitrogen and oxygen atoms in total. The van der Waals surface area contributed by atoms with Crippen molar-refractivity contribution in [2.45, 2.75) is 13.0 Å². The fraction of sp³-hybridized carbons (Fsp3) is 0.385. The van der Waals surface area contributed by atoms with Crippen LogP contribution in [0.15, 0.2) is 18.6 Å². The maximum Gasteiger partial charge on any atom is 0.281 e. The van der Waals surface area contributed by atoms with Crippen LogP contribution in [0.4, 0.5) is 5.13 Å². The van der Waals surface area contributed by atoms with Gasteiger partial charge in [0.25, 0.3) is 16.1 Å².